The largest absolute Gasteiger partial charge is 0.293 e. The summed E-state index contributed by atoms with van der Waals surface area (Å²) in [5.74, 6) is -0.0571. The molecule has 0 aliphatic carbocycles. The van der Waals surface area contributed by atoms with Crippen molar-refractivity contribution < 1.29 is 4.79 Å². The summed E-state index contributed by atoms with van der Waals surface area (Å²) in [7, 11) is 1.85. The van der Waals surface area contributed by atoms with Gasteiger partial charge in [0.1, 0.15) is 5.69 Å². The number of imidazole rings is 1. The molecule has 0 amide bonds. The van der Waals surface area contributed by atoms with Gasteiger partial charge in [-0.3, -0.25) is 9.48 Å². The molecule has 6 nitrogen and oxygen atoms in total. The third kappa shape index (κ3) is 1.58. The van der Waals surface area contributed by atoms with Crippen molar-refractivity contribution in [3.05, 3.63) is 36.4 Å². The Morgan fingerprint density at radius 1 is 1.28 bits per heavy atom. The molecule has 6 heteroatoms. The third-order valence-corrected chi connectivity index (χ3v) is 2.72. The van der Waals surface area contributed by atoms with Crippen molar-refractivity contribution >= 4 is 11.4 Å². The van der Waals surface area contributed by atoms with Crippen LogP contribution in [0, 0.1) is 0 Å². The van der Waals surface area contributed by atoms with E-state index in [2.05, 4.69) is 15.2 Å². The number of hydrogen-bond acceptors (Lipinski definition) is 4. The van der Waals surface area contributed by atoms with Crippen LogP contribution < -0.4 is 0 Å². The Morgan fingerprint density at radius 2 is 2.11 bits per heavy atom. The van der Waals surface area contributed by atoms with Gasteiger partial charge in [0.2, 0.25) is 0 Å². The Morgan fingerprint density at radius 3 is 2.78 bits per heavy atom. The first-order valence-corrected chi connectivity index (χ1v) is 5.50. The molecule has 90 valence electrons. The zero-order valence-electron chi connectivity index (χ0n) is 10.0. The summed E-state index contributed by atoms with van der Waals surface area (Å²) >= 11 is 0. The zero-order valence-corrected chi connectivity index (χ0v) is 10.0. The highest BCUT2D eigenvalue weighted by Crippen LogP contribution is 2.16. The lowest BCUT2D eigenvalue weighted by atomic mass is 10.2. The second-order valence-corrected chi connectivity index (χ2v) is 4.09. The van der Waals surface area contributed by atoms with Crippen LogP contribution in [0.4, 0.5) is 0 Å². The normalized spacial score (nSPS) is 11.0. The van der Waals surface area contributed by atoms with Gasteiger partial charge in [0.25, 0.3) is 0 Å². The lowest BCUT2D eigenvalue weighted by Crippen LogP contribution is -2.02. The molecule has 3 aromatic heterocycles. The van der Waals surface area contributed by atoms with Gasteiger partial charge < -0.3 is 0 Å². The SMILES string of the molecule is CC(=O)c1cnc2ccc(-c3cnn(C)c3)nn12. The van der Waals surface area contributed by atoms with Crippen LogP contribution in [-0.2, 0) is 7.05 Å². The highest BCUT2D eigenvalue weighted by Gasteiger charge is 2.10. The number of aryl methyl sites for hydroxylation is 1. The van der Waals surface area contributed by atoms with Crippen molar-refractivity contribution in [3.8, 4) is 11.3 Å². The molecule has 0 aromatic carbocycles. The van der Waals surface area contributed by atoms with Gasteiger partial charge in [-0.15, -0.1) is 0 Å². The highest BCUT2D eigenvalue weighted by molar-refractivity contribution is 5.92. The third-order valence-electron chi connectivity index (χ3n) is 2.72. The number of nitrogens with zero attached hydrogens (tertiary/aromatic N) is 5. The number of rotatable bonds is 2. The van der Waals surface area contributed by atoms with Gasteiger partial charge in [-0.25, -0.2) is 9.50 Å². The van der Waals surface area contributed by atoms with E-state index in [0.29, 0.717) is 11.3 Å². The molecule has 3 rings (SSSR count). The van der Waals surface area contributed by atoms with Crippen molar-refractivity contribution in [3.63, 3.8) is 0 Å². The van der Waals surface area contributed by atoms with Gasteiger partial charge in [0.05, 0.1) is 18.1 Å². The van der Waals surface area contributed by atoms with E-state index in [0.717, 1.165) is 11.3 Å². The Balaban J connectivity index is 2.20. The Labute approximate surface area is 103 Å². The first-order valence-electron chi connectivity index (χ1n) is 5.50. The standard InChI is InChI=1S/C12H11N5O/c1-8(18)11-6-13-12-4-3-10(15-17(11)12)9-5-14-16(2)7-9/h3-7H,1-2H3. The van der Waals surface area contributed by atoms with Crippen molar-refractivity contribution in [1.82, 2.24) is 24.4 Å². The number of Topliss-reactive ketones (excluding diaryl/α,β-unsaturated/α-hetero) is 1. The predicted molar refractivity (Wildman–Crippen MR) is 65.2 cm³/mol. The summed E-state index contributed by atoms with van der Waals surface area (Å²) < 4.78 is 3.27. The molecule has 0 fully saturated rings. The van der Waals surface area contributed by atoms with Gasteiger partial charge in [-0.2, -0.15) is 10.2 Å². The van der Waals surface area contributed by atoms with E-state index >= 15 is 0 Å². The fourth-order valence-electron chi connectivity index (χ4n) is 1.82. The smallest absolute Gasteiger partial charge is 0.179 e. The van der Waals surface area contributed by atoms with Crippen LogP contribution in [0.2, 0.25) is 0 Å². The zero-order chi connectivity index (χ0) is 12.7. The summed E-state index contributed by atoms with van der Waals surface area (Å²) in [4.78, 5) is 15.6. The van der Waals surface area contributed by atoms with E-state index in [-0.39, 0.29) is 5.78 Å². The van der Waals surface area contributed by atoms with Gasteiger partial charge in [-0.1, -0.05) is 0 Å². The van der Waals surface area contributed by atoms with E-state index < -0.39 is 0 Å². The van der Waals surface area contributed by atoms with Gasteiger partial charge in [0, 0.05) is 25.7 Å². The molecule has 0 aliphatic heterocycles. The van der Waals surface area contributed by atoms with E-state index in [1.165, 1.54) is 13.1 Å². The van der Waals surface area contributed by atoms with Gasteiger partial charge in [-0.05, 0) is 12.1 Å². The molecular formula is C12H11N5O. The van der Waals surface area contributed by atoms with E-state index in [4.69, 9.17) is 0 Å². The van der Waals surface area contributed by atoms with Crippen LogP contribution in [0.5, 0.6) is 0 Å². The van der Waals surface area contributed by atoms with Gasteiger partial charge >= 0.3 is 0 Å². The number of ketones is 1. The summed E-state index contributed by atoms with van der Waals surface area (Å²) in [5.41, 5.74) is 2.81. The minimum atomic E-state index is -0.0571. The molecular weight excluding hydrogens is 230 g/mol. The summed E-state index contributed by atoms with van der Waals surface area (Å²) in [6.07, 6.45) is 5.15. The minimum Gasteiger partial charge on any atom is -0.293 e. The second kappa shape index (κ2) is 3.76. The predicted octanol–water partition coefficient (Wildman–Crippen LogP) is 1.33. The minimum absolute atomic E-state index is 0.0571. The van der Waals surface area contributed by atoms with Crippen LogP contribution in [-0.4, -0.2) is 30.2 Å². The average Bonchev–Trinajstić information content (AvgIpc) is 2.93. The summed E-state index contributed by atoms with van der Waals surface area (Å²) in [6.45, 7) is 1.50. The summed E-state index contributed by atoms with van der Waals surface area (Å²) in [5, 5.41) is 8.52. The molecule has 0 saturated heterocycles. The van der Waals surface area contributed by atoms with Crippen molar-refractivity contribution in [2.45, 2.75) is 6.92 Å². The van der Waals surface area contributed by atoms with Crippen LogP contribution in [0.25, 0.3) is 16.9 Å². The molecule has 0 spiro atoms. The van der Waals surface area contributed by atoms with Crippen LogP contribution in [0.3, 0.4) is 0 Å². The fourth-order valence-corrected chi connectivity index (χ4v) is 1.82. The Kier molecular flexibility index (Phi) is 2.22. The molecule has 0 atom stereocenters. The van der Waals surface area contributed by atoms with Gasteiger partial charge in [0.15, 0.2) is 11.4 Å². The quantitative estimate of drug-likeness (QED) is 0.635. The molecule has 0 radical (unpaired) electrons. The molecule has 0 unspecified atom stereocenters. The van der Waals surface area contributed by atoms with Crippen molar-refractivity contribution in [2.75, 3.05) is 0 Å². The first-order chi connectivity index (χ1) is 8.65. The average molecular weight is 241 g/mol. The van der Waals surface area contributed by atoms with E-state index in [9.17, 15) is 4.79 Å². The fraction of sp³-hybridized carbons (Fsp3) is 0.167. The van der Waals surface area contributed by atoms with Crippen LogP contribution in [0.15, 0.2) is 30.7 Å². The number of aromatic nitrogens is 5. The lowest BCUT2D eigenvalue weighted by Gasteiger charge is -2.00. The molecule has 0 aliphatic rings. The number of carbonyl (C=O) groups is 1. The molecule has 3 heterocycles. The number of fused-ring (bicyclic) bond motifs is 1. The van der Waals surface area contributed by atoms with E-state index in [1.807, 2.05) is 25.4 Å². The van der Waals surface area contributed by atoms with Crippen molar-refractivity contribution in [2.24, 2.45) is 7.05 Å². The highest BCUT2D eigenvalue weighted by atomic mass is 16.1. The lowest BCUT2D eigenvalue weighted by molar-refractivity contribution is 0.101. The maximum atomic E-state index is 11.5. The molecule has 18 heavy (non-hydrogen) atoms. The maximum absolute atomic E-state index is 11.5. The number of hydrogen-bond donors (Lipinski definition) is 0. The first kappa shape index (κ1) is 10.6. The Bertz CT molecular complexity index is 740. The second-order valence-electron chi connectivity index (χ2n) is 4.09. The Hall–Kier alpha value is -2.50. The maximum Gasteiger partial charge on any atom is 0.179 e. The molecule has 0 saturated carbocycles. The molecule has 0 N–H and O–H groups in total. The molecule has 3 aromatic rings. The van der Waals surface area contributed by atoms with Crippen molar-refractivity contribution in [1.29, 1.82) is 0 Å². The summed E-state index contributed by atoms with van der Waals surface area (Å²) in [6, 6.07) is 3.70. The van der Waals surface area contributed by atoms with E-state index in [1.54, 1.807) is 15.4 Å². The monoisotopic (exact) mass is 241 g/mol. The van der Waals surface area contributed by atoms with Crippen LogP contribution in [0.1, 0.15) is 17.4 Å². The molecule has 0 bridgehead atoms. The van der Waals surface area contributed by atoms with Crippen LogP contribution >= 0.6 is 0 Å². The topological polar surface area (TPSA) is 65.1 Å². The number of carbonyl (C=O) groups excluding carboxylic acids is 1.